The van der Waals surface area contributed by atoms with Gasteiger partial charge in [0.15, 0.2) is 11.5 Å². The molecule has 0 atom stereocenters. The molecular formula is C23H20O4. The summed E-state index contributed by atoms with van der Waals surface area (Å²) in [7, 11) is 3.06. The van der Waals surface area contributed by atoms with Gasteiger partial charge in [-0.1, -0.05) is 60.7 Å². The maximum atomic E-state index is 12.5. The minimum Gasteiger partial charge on any atom is -0.496 e. The van der Waals surface area contributed by atoms with Gasteiger partial charge in [0.2, 0.25) is 0 Å². The fourth-order valence-electron chi connectivity index (χ4n) is 2.60. The smallest absolute Gasteiger partial charge is 0.347 e. The topological polar surface area (TPSA) is 44.8 Å². The lowest BCUT2D eigenvalue weighted by molar-refractivity contribution is 0.0726. The number of ether oxygens (including phenoxy) is 3. The van der Waals surface area contributed by atoms with E-state index in [1.165, 1.54) is 7.11 Å². The predicted molar refractivity (Wildman–Crippen MR) is 106 cm³/mol. The molecular weight excluding hydrogens is 340 g/mol. The van der Waals surface area contributed by atoms with Crippen LogP contribution in [0.15, 0.2) is 72.8 Å². The lowest BCUT2D eigenvalue weighted by Crippen LogP contribution is -2.10. The Kier molecular flexibility index (Phi) is 5.90. The molecule has 0 aromatic heterocycles. The van der Waals surface area contributed by atoms with E-state index in [-0.39, 0.29) is 0 Å². The fourth-order valence-corrected chi connectivity index (χ4v) is 2.60. The second kappa shape index (κ2) is 8.72. The van der Waals surface area contributed by atoms with E-state index in [2.05, 4.69) is 0 Å². The highest BCUT2D eigenvalue weighted by molar-refractivity contribution is 5.94. The first-order chi connectivity index (χ1) is 13.2. The number of esters is 1. The van der Waals surface area contributed by atoms with Gasteiger partial charge in [0.25, 0.3) is 0 Å². The molecule has 3 aromatic rings. The summed E-state index contributed by atoms with van der Waals surface area (Å²) in [5, 5.41) is 0. The summed E-state index contributed by atoms with van der Waals surface area (Å²) in [4.78, 5) is 12.5. The molecule has 0 saturated heterocycles. The van der Waals surface area contributed by atoms with E-state index in [0.717, 1.165) is 11.1 Å². The average molecular weight is 360 g/mol. The standard InChI is InChI=1S/C23H20O4/c1-25-20-11-7-6-10-19(20)23(24)27-21-15-14-18(16-22(21)26-2)13-12-17-8-4-3-5-9-17/h3-16H,1-2H3. The van der Waals surface area contributed by atoms with E-state index in [0.29, 0.717) is 22.8 Å². The minimum atomic E-state index is -0.502. The van der Waals surface area contributed by atoms with Gasteiger partial charge in [-0.2, -0.15) is 0 Å². The van der Waals surface area contributed by atoms with Crippen LogP contribution in [0.25, 0.3) is 12.2 Å². The molecule has 27 heavy (non-hydrogen) atoms. The van der Waals surface area contributed by atoms with Crippen LogP contribution in [-0.4, -0.2) is 20.2 Å². The summed E-state index contributed by atoms with van der Waals surface area (Å²) < 4.78 is 16.1. The first-order valence-corrected chi connectivity index (χ1v) is 8.47. The molecule has 0 aliphatic rings. The van der Waals surface area contributed by atoms with E-state index in [4.69, 9.17) is 14.2 Å². The summed E-state index contributed by atoms with van der Waals surface area (Å²) in [5.41, 5.74) is 2.39. The molecule has 0 aliphatic carbocycles. The van der Waals surface area contributed by atoms with Crippen LogP contribution in [0.3, 0.4) is 0 Å². The van der Waals surface area contributed by atoms with Gasteiger partial charge in [0, 0.05) is 0 Å². The molecule has 0 fully saturated rings. The Labute approximate surface area is 158 Å². The average Bonchev–Trinajstić information content (AvgIpc) is 2.73. The van der Waals surface area contributed by atoms with E-state index >= 15 is 0 Å². The van der Waals surface area contributed by atoms with Gasteiger partial charge < -0.3 is 14.2 Å². The third kappa shape index (κ3) is 4.55. The molecule has 0 saturated carbocycles. The van der Waals surface area contributed by atoms with Crippen LogP contribution in [0.4, 0.5) is 0 Å². The van der Waals surface area contributed by atoms with Crippen molar-refractivity contribution in [2.75, 3.05) is 14.2 Å². The molecule has 3 rings (SSSR count). The zero-order chi connectivity index (χ0) is 19.1. The fraction of sp³-hybridized carbons (Fsp3) is 0.0870. The Morgan fingerprint density at radius 1 is 0.704 bits per heavy atom. The predicted octanol–water partition coefficient (Wildman–Crippen LogP) is 5.09. The van der Waals surface area contributed by atoms with Crippen molar-refractivity contribution in [3.8, 4) is 17.2 Å². The van der Waals surface area contributed by atoms with Crippen molar-refractivity contribution in [2.24, 2.45) is 0 Å². The molecule has 4 nitrogen and oxygen atoms in total. The van der Waals surface area contributed by atoms with Gasteiger partial charge in [0.1, 0.15) is 11.3 Å². The number of rotatable bonds is 6. The van der Waals surface area contributed by atoms with Crippen molar-refractivity contribution in [3.63, 3.8) is 0 Å². The van der Waals surface area contributed by atoms with E-state index < -0.39 is 5.97 Å². The Morgan fingerprint density at radius 2 is 1.37 bits per heavy atom. The first-order valence-electron chi connectivity index (χ1n) is 8.47. The molecule has 0 N–H and O–H groups in total. The lowest BCUT2D eigenvalue weighted by Gasteiger charge is -2.11. The van der Waals surface area contributed by atoms with Crippen molar-refractivity contribution in [2.45, 2.75) is 0 Å². The van der Waals surface area contributed by atoms with Gasteiger partial charge in [-0.25, -0.2) is 4.79 Å². The highest BCUT2D eigenvalue weighted by Crippen LogP contribution is 2.30. The van der Waals surface area contributed by atoms with Crippen molar-refractivity contribution < 1.29 is 19.0 Å². The normalized spacial score (nSPS) is 10.6. The van der Waals surface area contributed by atoms with E-state index in [1.807, 2.05) is 54.6 Å². The van der Waals surface area contributed by atoms with Crippen LogP contribution in [0.5, 0.6) is 17.2 Å². The van der Waals surface area contributed by atoms with Crippen LogP contribution in [0.2, 0.25) is 0 Å². The Morgan fingerprint density at radius 3 is 2.11 bits per heavy atom. The second-order valence-corrected chi connectivity index (χ2v) is 5.74. The van der Waals surface area contributed by atoms with E-state index in [1.54, 1.807) is 37.4 Å². The Balaban J connectivity index is 1.80. The second-order valence-electron chi connectivity index (χ2n) is 5.74. The molecule has 0 radical (unpaired) electrons. The highest BCUT2D eigenvalue weighted by Gasteiger charge is 2.16. The Bertz CT molecular complexity index is 946. The zero-order valence-electron chi connectivity index (χ0n) is 15.2. The summed E-state index contributed by atoms with van der Waals surface area (Å²) in [6.45, 7) is 0. The highest BCUT2D eigenvalue weighted by atomic mass is 16.6. The summed E-state index contributed by atoms with van der Waals surface area (Å²) >= 11 is 0. The number of carbonyl (C=O) groups excluding carboxylic acids is 1. The summed E-state index contributed by atoms with van der Waals surface area (Å²) in [5.74, 6) is 0.793. The molecule has 4 heteroatoms. The van der Waals surface area contributed by atoms with Crippen molar-refractivity contribution >= 4 is 18.1 Å². The van der Waals surface area contributed by atoms with Crippen LogP contribution in [0.1, 0.15) is 21.5 Å². The Hall–Kier alpha value is -3.53. The summed E-state index contributed by atoms with van der Waals surface area (Å²) in [6, 6.07) is 22.3. The molecule has 0 heterocycles. The van der Waals surface area contributed by atoms with Gasteiger partial charge in [0.05, 0.1) is 14.2 Å². The summed E-state index contributed by atoms with van der Waals surface area (Å²) in [6.07, 6.45) is 3.99. The van der Waals surface area contributed by atoms with Crippen LogP contribution < -0.4 is 14.2 Å². The quantitative estimate of drug-likeness (QED) is 0.349. The SMILES string of the molecule is COc1cc(C=Cc2ccccc2)ccc1OC(=O)c1ccccc1OC. The third-order valence-corrected chi connectivity index (χ3v) is 3.99. The zero-order valence-corrected chi connectivity index (χ0v) is 15.2. The molecule has 0 amide bonds. The van der Waals surface area contributed by atoms with Crippen LogP contribution in [0, 0.1) is 0 Å². The van der Waals surface area contributed by atoms with Gasteiger partial charge >= 0.3 is 5.97 Å². The van der Waals surface area contributed by atoms with Gasteiger partial charge in [-0.3, -0.25) is 0 Å². The minimum absolute atomic E-state index is 0.352. The molecule has 136 valence electrons. The monoisotopic (exact) mass is 360 g/mol. The molecule has 0 spiro atoms. The first kappa shape index (κ1) is 18.3. The number of benzene rings is 3. The number of carbonyl (C=O) groups is 1. The molecule has 0 unspecified atom stereocenters. The van der Waals surface area contributed by atoms with Crippen molar-refractivity contribution in [3.05, 3.63) is 89.5 Å². The van der Waals surface area contributed by atoms with Gasteiger partial charge in [-0.05, 0) is 35.4 Å². The maximum absolute atomic E-state index is 12.5. The molecule has 0 bridgehead atoms. The van der Waals surface area contributed by atoms with E-state index in [9.17, 15) is 4.79 Å². The third-order valence-electron chi connectivity index (χ3n) is 3.99. The van der Waals surface area contributed by atoms with Crippen molar-refractivity contribution in [1.29, 1.82) is 0 Å². The van der Waals surface area contributed by atoms with Crippen LogP contribution in [-0.2, 0) is 0 Å². The van der Waals surface area contributed by atoms with Crippen molar-refractivity contribution in [1.82, 2.24) is 0 Å². The number of methoxy groups -OCH3 is 2. The maximum Gasteiger partial charge on any atom is 0.347 e. The lowest BCUT2D eigenvalue weighted by atomic mass is 10.1. The largest absolute Gasteiger partial charge is 0.496 e. The molecule has 0 aliphatic heterocycles. The number of hydrogen-bond donors (Lipinski definition) is 0. The van der Waals surface area contributed by atoms with Crippen LogP contribution >= 0.6 is 0 Å². The number of hydrogen-bond acceptors (Lipinski definition) is 4. The van der Waals surface area contributed by atoms with Gasteiger partial charge in [-0.15, -0.1) is 0 Å². The number of para-hydroxylation sites is 1. The molecule has 3 aromatic carbocycles.